The third kappa shape index (κ3) is 3.86. The summed E-state index contributed by atoms with van der Waals surface area (Å²) in [5.41, 5.74) is 13.7. The number of piperidine rings is 1. The SMILES string of the molecule is Cl.NC(=O)c1nnc([C@@H](N)[C@H]2CCCNC2)c2cc(-c3ccc(F)cc3)sc12. The number of nitrogens with two attached hydrogens (primary N) is 2. The normalized spacial score (nSPS) is 17.9. The molecule has 6 nitrogen and oxygen atoms in total. The predicted molar refractivity (Wildman–Crippen MR) is 111 cm³/mol. The van der Waals surface area contributed by atoms with Crippen LogP contribution >= 0.6 is 23.7 Å². The highest BCUT2D eigenvalue weighted by molar-refractivity contribution is 7.22. The predicted octanol–water partition coefficient (Wildman–Crippen LogP) is 3.02. The smallest absolute Gasteiger partial charge is 0.270 e. The molecule has 148 valence electrons. The topological polar surface area (TPSA) is 107 Å². The molecule has 9 heteroatoms. The number of rotatable bonds is 4. The van der Waals surface area contributed by atoms with Crippen LogP contribution in [0, 0.1) is 11.7 Å². The number of aromatic nitrogens is 2. The lowest BCUT2D eigenvalue weighted by molar-refractivity contribution is 0.0996. The monoisotopic (exact) mass is 421 g/mol. The first kappa shape index (κ1) is 20.6. The molecule has 1 aliphatic heterocycles. The van der Waals surface area contributed by atoms with E-state index in [0.717, 1.165) is 41.8 Å². The molecule has 28 heavy (non-hydrogen) atoms. The summed E-state index contributed by atoms with van der Waals surface area (Å²) in [5, 5.41) is 12.5. The van der Waals surface area contributed by atoms with Gasteiger partial charge in [0, 0.05) is 10.3 Å². The molecule has 1 aliphatic rings. The van der Waals surface area contributed by atoms with Gasteiger partial charge in [-0.05, 0) is 55.6 Å². The third-order valence-corrected chi connectivity index (χ3v) is 6.19. The van der Waals surface area contributed by atoms with Crippen LogP contribution in [0.4, 0.5) is 4.39 Å². The van der Waals surface area contributed by atoms with E-state index in [9.17, 15) is 9.18 Å². The highest BCUT2D eigenvalue weighted by atomic mass is 35.5. The zero-order chi connectivity index (χ0) is 19.0. The standard InChI is InChI=1S/C19H20FN5OS.ClH/c20-12-5-3-10(4-6-12)14-8-13-16(15(21)11-2-1-7-23-9-11)24-25-17(19(22)26)18(13)27-14;/h3-6,8,11,15,23H,1-2,7,9,21H2,(H2,22,26);1H/t11-,15-;/m0./s1. The number of nitrogens with one attached hydrogen (secondary N) is 1. The molecule has 1 aromatic carbocycles. The van der Waals surface area contributed by atoms with E-state index in [-0.39, 0.29) is 35.9 Å². The van der Waals surface area contributed by atoms with Gasteiger partial charge in [0.15, 0.2) is 5.69 Å². The van der Waals surface area contributed by atoms with Crippen LogP contribution in [0.3, 0.4) is 0 Å². The highest BCUT2D eigenvalue weighted by Gasteiger charge is 2.27. The Morgan fingerprint density at radius 2 is 2.04 bits per heavy atom. The second kappa shape index (κ2) is 8.48. The second-order valence-electron chi connectivity index (χ2n) is 6.79. The van der Waals surface area contributed by atoms with E-state index in [1.165, 1.54) is 23.5 Å². The van der Waals surface area contributed by atoms with Gasteiger partial charge < -0.3 is 16.8 Å². The highest BCUT2D eigenvalue weighted by Crippen LogP contribution is 2.38. The Labute approximate surface area is 171 Å². The Morgan fingerprint density at radius 1 is 1.29 bits per heavy atom. The number of hydrogen-bond donors (Lipinski definition) is 3. The van der Waals surface area contributed by atoms with Crippen molar-refractivity contribution >= 4 is 39.7 Å². The fourth-order valence-electron chi connectivity index (χ4n) is 3.53. The third-order valence-electron chi connectivity index (χ3n) is 5.00. The number of thiophene rings is 1. The summed E-state index contributed by atoms with van der Waals surface area (Å²) >= 11 is 1.39. The van der Waals surface area contributed by atoms with Gasteiger partial charge in [-0.3, -0.25) is 4.79 Å². The van der Waals surface area contributed by atoms with Gasteiger partial charge in [-0.15, -0.1) is 28.8 Å². The van der Waals surface area contributed by atoms with Gasteiger partial charge in [-0.2, -0.15) is 5.10 Å². The van der Waals surface area contributed by atoms with E-state index in [2.05, 4.69) is 15.5 Å². The van der Waals surface area contributed by atoms with E-state index in [4.69, 9.17) is 11.5 Å². The zero-order valence-electron chi connectivity index (χ0n) is 15.0. The van der Waals surface area contributed by atoms with Crippen LogP contribution in [-0.2, 0) is 0 Å². The van der Waals surface area contributed by atoms with Crippen molar-refractivity contribution in [3.63, 3.8) is 0 Å². The van der Waals surface area contributed by atoms with Gasteiger partial charge in [-0.1, -0.05) is 12.1 Å². The summed E-state index contributed by atoms with van der Waals surface area (Å²) in [6, 6.07) is 7.88. The van der Waals surface area contributed by atoms with Crippen LogP contribution in [0.5, 0.6) is 0 Å². The molecule has 0 saturated carbocycles. The molecule has 0 spiro atoms. The Morgan fingerprint density at radius 3 is 2.68 bits per heavy atom. The molecule has 2 atom stereocenters. The first-order chi connectivity index (χ1) is 13.0. The van der Waals surface area contributed by atoms with Crippen molar-refractivity contribution in [1.82, 2.24) is 15.5 Å². The number of benzene rings is 1. The molecule has 5 N–H and O–H groups in total. The van der Waals surface area contributed by atoms with Crippen molar-refractivity contribution in [2.75, 3.05) is 13.1 Å². The molecular weight excluding hydrogens is 401 g/mol. The van der Waals surface area contributed by atoms with Gasteiger partial charge in [0.25, 0.3) is 5.91 Å². The number of amides is 1. The summed E-state index contributed by atoms with van der Waals surface area (Å²) in [6.07, 6.45) is 2.09. The average Bonchev–Trinajstić information content (AvgIpc) is 3.13. The lowest BCUT2D eigenvalue weighted by Crippen LogP contribution is -2.36. The number of halogens is 2. The van der Waals surface area contributed by atoms with Crippen LogP contribution < -0.4 is 16.8 Å². The van der Waals surface area contributed by atoms with Gasteiger partial charge in [-0.25, -0.2) is 4.39 Å². The molecule has 1 saturated heterocycles. The Bertz CT molecular complexity index is 988. The van der Waals surface area contributed by atoms with E-state index >= 15 is 0 Å². The molecule has 4 rings (SSSR count). The molecule has 1 fully saturated rings. The van der Waals surface area contributed by atoms with Crippen LogP contribution in [0.1, 0.15) is 35.1 Å². The molecule has 1 amide bonds. The van der Waals surface area contributed by atoms with Gasteiger partial charge in [0.05, 0.1) is 16.4 Å². The lowest BCUT2D eigenvalue weighted by atomic mass is 9.89. The minimum Gasteiger partial charge on any atom is -0.364 e. The Kier molecular flexibility index (Phi) is 6.24. The molecule has 0 bridgehead atoms. The molecule has 2 aromatic heterocycles. The van der Waals surface area contributed by atoms with E-state index in [1.54, 1.807) is 12.1 Å². The van der Waals surface area contributed by atoms with E-state index in [1.807, 2.05) is 6.07 Å². The quantitative estimate of drug-likeness (QED) is 0.600. The van der Waals surface area contributed by atoms with Crippen LogP contribution in [0.25, 0.3) is 20.5 Å². The minimum absolute atomic E-state index is 0. The van der Waals surface area contributed by atoms with E-state index in [0.29, 0.717) is 10.4 Å². The summed E-state index contributed by atoms with van der Waals surface area (Å²) in [7, 11) is 0. The Balaban J connectivity index is 0.00000225. The first-order valence-corrected chi connectivity index (χ1v) is 9.68. The van der Waals surface area contributed by atoms with Crippen molar-refractivity contribution in [3.8, 4) is 10.4 Å². The summed E-state index contributed by atoms with van der Waals surface area (Å²) in [4.78, 5) is 12.7. The number of primary amides is 1. The fraction of sp³-hybridized carbons (Fsp3) is 0.316. The number of carbonyl (C=O) groups is 1. The largest absolute Gasteiger partial charge is 0.364 e. The van der Waals surface area contributed by atoms with Crippen molar-refractivity contribution in [2.45, 2.75) is 18.9 Å². The first-order valence-electron chi connectivity index (χ1n) is 8.86. The maximum atomic E-state index is 13.3. The summed E-state index contributed by atoms with van der Waals surface area (Å²) < 4.78 is 13.9. The van der Waals surface area contributed by atoms with Crippen molar-refractivity contribution in [1.29, 1.82) is 0 Å². The fourth-order valence-corrected chi connectivity index (χ4v) is 4.69. The minimum atomic E-state index is -0.625. The Hall–Kier alpha value is -2.13. The van der Waals surface area contributed by atoms with Crippen LogP contribution in [0.2, 0.25) is 0 Å². The second-order valence-corrected chi connectivity index (χ2v) is 7.84. The maximum Gasteiger partial charge on any atom is 0.270 e. The summed E-state index contributed by atoms with van der Waals surface area (Å²) in [6.45, 7) is 1.83. The zero-order valence-corrected chi connectivity index (χ0v) is 16.7. The molecule has 0 radical (unpaired) electrons. The maximum absolute atomic E-state index is 13.3. The molecule has 3 aromatic rings. The number of fused-ring (bicyclic) bond motifs is 1. The molecule has 0 unspecified atom stereocenters. The van der Waals surface area contributed by atoms with Crippen LogP contribution in [-0.4, -0.2) is 29.2 Å². The van der Waals surface area contributed by atoms with E-state index < -0.39 is 5.91 Å². The van der Waals surface area contributed by atoms with Crippen molar-refractivity contribution in [2.24, 2.45) is 17.4 Å². The van der Waals surface area contributed by atoms with Gasteiger partial charge in [0.1, 0.15) is 5.82 Å². The number of carbonyl (C=O) groups excluding carboxylic acids is 1. The molecular formula is C19H21ClFN5OS. The average molecular weight is 422 g/mol. The molecule has 3 heterocycles. The van der Waals surface area contributed by atoms with Gasteiger partial charge in [0.2, 0.25) is 0 Å². The van der Waals surface area contributed by atoms with Crippen LogP contribution in [0.15, 0.2) is 30.3 Å². The van der Waals surface area contributed by atoms with Gasteiger partial charge >= 0.3 is 0 Å². The summed E-state index contributed by atoms with van der Waals surface area (Å²) in [5.74, 6) is -0.669. The number of nitrogens with zero attached hydrogens (tertiary/aromatic N) is 2. The van der Waals surface area contributed by atoms with Crippen molar-refractivity contribution in [3.05, 3.63) is 47.5 Å². The lowest BCUT2D eigenvalue weighted by Gasteiger charge is -2.27. The van der Waals surface area contributed by atoms with Crippen molar-refractivity contribution < 1.29 is 9.18 Å². The molecule has 0 aliphatic carbocycles. The number of hydrogen-bond acceptors (Lipinski definition) is 6.